The summed E-state index contributed by atoms with van der Waals surface area (Å²) >= 11 is 1.96. The Labute approximate surface area is 323 Å². The fourth-order valence-corrected chi connectivity index (χ4v) is 10.8. The van der Waals surface area contributed by atoms with Crippen LogP contribution in [-0.2, 0) is 9.57 Å². The maximum atomic E-state index is 13.4. The molecule has 0 aromatic heterocycles. The van der Waals surface area contributed by atoms with E-state index in [1.807, 2.05) is 23.9 Å². The number of oxime groups is 1. The van der Waals surface area contributed by atoms with Crippen LogP contribution in [0.5, 0.6) is 23.0 Å². The van der Waals surface area contributed by atoms with E-state index >= 15 is 0 Å². The third-order valence-corrected chi connectivity index (χ3v) is 13.0. The average molecular weight is 765 g/mol. The molecule has 4 aliphatic rings. The number of benzene rings is 2. The van der Waals surface area contributed by atoms with Crippen LogP contribution in [-0.4, -0.2) is 79.5 Å². The van der Waals surface area contributed by atoms with Crippen molar-refractivity contribution >= 4 is 29.3 Å². The predicted octanol–water partition coefficient (Wildman–Crippen LogP) is 8.25. The molecular weight excluding hydrogens is 709 g/mol. The molecule has 0 saturated heterocycles. The molecule has 12 heteroatoms. The standard InChI is InChI=1S/C42H56N2O9S/c1-5-22-51-42-38(54-30-13-6-7-14-30)26-35(44-50-4)32-23-27(12-8-10-20-45)31(15-9-11-21-46)39(40(32)42)33-24-29(17-19-36(33)53-42)52-41(47)43-34-18-16-28(48-2)25-37(34)49-3/h5,16-19,23-25,27,30-31,38-40,45-46H,1,6-15,20-22,26H2,2-4H3,(H,43,47). The van der Waals surface area contributed by atoms with E-state index in [9.17, 15) is 15.0 Å². The molecular formula is C42H56N2O9S. The summed E-state index contributed by atoms with van der Waals surface area (Å²) in [4.78, 5) is 18.9. The molecule has 6 unspecified atom stereocenters. The molecule has 11 nitrogen and oxygen atoms in total. The van der Waals surface area contributed by atoms with Crippen molar-refractivity contribution in [3.05, 3.63) is 66.3 Å². The van der Waals surface area contributed by atoms with Gasteiger partial charge >= 0.3 is 6.09 Å². The topological polar surface area (TPSA) is 137 Å². The predicted molar refractivity (Wildman–Crippen MR) is 211 cm³/mol. The molecule has 0 radical (unpaired) electrons. The Balaban J connectivity index is 1.45. The van der Waals surface area contributed by atoms with Gasteiger partial charge in [-0.05, 0) is 86.3 Å². The van der Waals surface area contributed by atoms with Gasteiger partial charge in [0, 0.05) is 42.4 Å². The number of hydrogen-bond acceptors (Lipinski definition) is 11. The number of rotatable bonds is 18. The lowest BCUT2D eigenvalue weighted by Crippen LogP contribution is -2.64. The van der Waals surface area contributed by atoms with Gasteiger partial charge in [-0.25, -0.2) is 4.79 Å². The van der Waals surface area contributed by atoms with E-state index in [1.54, 1.807) is 44.6 Å². The third-order valence-electron chi connectivity index (χ3n) is 11.3. The number of nitrogens with one attached hydrogen (secondary N) is 1. The van der Waals surface area contributed by atoms with Crippen molar-refractivity contribution in [2.24, 2.45) is 22.9 Å². The number of allylic oxidation sites excluding steroid dienone is 1. The quantitative estimate of drug-likeness (QED) is 0.0773. The average Bonchev–Trinajstić information content (AvgIpc) is 3.70. The number of methoxy groups -OCH3 is 2. The normalized spacial score (nSPS) is 26.6. The van der Waals surface area contributed by atoms with Crippen LogP contribution in [0.4, 0.5) is 10.5 Å². The van der Waals surface area contributed by atoms with E-state index < -0.39 is 11.9 Å². The summed E-state index contributed by atoms with van der Waals surface area (Å²) < 4.78 is 31.0. The summed E-state index contributed by atoms with van der Waals surface area (Å²) in [5.41, 5.74) is 3.38. The van der Waals surface area contributed by atoms with Gasteiger partial charge in [-0.1, -0.05) is 43.0 Å². The van der Waals surface area contributed by atoms with Crippen molar-refractivity contribution in [3.63, 3.8) is 0 Å². The molecule has 0 bridgehead atoms. The van der Waals surface area contributed by atoms with E-state index in [0.29, 0.717) is 59.8 Å². The third kappa shape index (κ3) is 8.56. The van der Waals surface area contributed by atoms with Gasteiger partial charge in [0.2, 0.25) is 5.79 Å². The molecule has 1 aliphatic heterocycles. The lowest BCUT2D eigenvalue weighted by atomic mass is 9.56. The number of anilines is 1. The summed E-state index contributed by atoms with van der Waals surface area (Å²) in [6.45, 7) is 4.60. The zero-order valence-corrected chi connectivity index (χ0v) is 32.6. The summed E-state index contributed by atoms with van der Waals surface area (Å²) in [5, 5.41) is 27.5. The maximum absolute atomic E-state index is 13.4. The Hall–Kier alpha value is -3.71. The van der Waals surface area contributed by atoms with E-state index in [2.05, 4.69) is 23.1 Å². The van der Waals surface area contributed by atoms with Gasteiger partial charge < -0.3 is 38.7 Å². The Kier molecular flexibility index (Phi) is 13.9. The minimum atomic E-state index is -1.02. The van der Waals surface area contributed by atoms with Gasteiger partial charge in [-0.2, -0.15) is 0 Å². The summed E-state index contributed by atoms with van der Waals surface area (Å²) in [5.74, 6) is 1.06. The molecule has 6 rings (SSSR count). The number of unbranched alkanes of at least 4 members (excludes halogenated alkanes) is 2. The number of nitrogens with zero attached hydrogens (tertiary/aromatic N) is 1. The van der Waals surface area contributed by atoms with Crippen molar-refractivity contribution in [1.29, 1.82) is 0 Å². The van der Waals surface area contributed by atoms with E-state index in [1.165, 1.54) is 20.0 Å². The highest BCUT2D eigenvalue weighted by Gasteiger charge is 2.64. The first-order chi connectivity index (χ1) is 26.4. The number of carbonyl (C=O) groups is 1. The SMILES string of the molecule is C=CCOC12Oc3ccc(OC(=O)Nc4ccc(OC)cc4OC)cc3C3C(CCCCO)C(CCCCO)C=C(C(=NOC)CC1SC1CCCC1)C32. The Morgan fingerprint density at radius 2 is 1.78 bits per heavy atom. The van der Waals surface area contributed by atoms with Gasteiger partial charge in [-0.15, -0.1) is 18.3 Å². The molecule has 2 aromatic rings. The monoisotopic (exact) mass is 764 g/mol. The molecule has 3 aliphatic carbocycles. The molecule has 6 atom stereocenters. The number of hydrogen-bond donors (Lipinski definition) is 3. The molecule has 294 valence electrons. The molecule has 2 fully saturated rings. The number of carbonyl (C=O) groups excluding carboxylic acids is 1. The lowest BCUT2D eigenvalue weighted by Gasteiger charge is -2.58. The van der Waals surface area contributed by atoms with Crippen LogP contribution in [0.3, 0.4) is 0 Å². The molecule has 0 spiro atoms. The van der Waals surface area contributed by atoms with E-state index in [0.717, 1.165) is 55.4 Å². The second kappa shape index (κ2) is 18.8. The fraction of sp³-hybridized carbons (Fsp3) is 0.571. The highest BCUT2D eigenvalue weighted by Crippen LogP contribution is 2.63. The highest BCUT2D eigenvalue weighted by atomic mass is 32.2. The number of thioether (sulfide) groups is 1. The minimum Gasteiger partial charge on any atom is -0.497 e. The Morgan fingerprint density at radius 3 is 2.48 bits per heavy atom. The van der Waals surface area contributed by atoms with Crippen molar-refractivity contribution in [3.8, 4) is 23.0 Å². The molecule has 3 N–H and O–H groups in total. The first-order valence-electron chi connectivity index (χ1n) is 19.4. The van der Waals surface area contributed by atoms with Crippen molar-refractivity contribution < 1.29 is 43.5 Å². The van der Waals surface area contributed by atoms with Crippen LogP contribution >= 0.6 is 11.8 Å². The van der Waals surface area contributed by atoms with Gasteiger partial charge in [0.15, 0.2) is 0 Å². The highest BCUT2D eigenvalue weighted by molar-refractivity contribution is 8.00. The van der Waals surface area contributed by atoms with Crippen LogP contribution in [0.25, 0.3) is 0 Å². The van der Waals surface area contributed by atoms with E-state index in [-0.39, 0.29) is 42.1 Å². The summed E-state index contributed by atoms with van der Waals surface area (Å²) in [7, 11) is 4.69. The molecule has 54 heavy (non-hydrogen) atoms. The van der Waals surface area contributed by atoms with Crippen LogP contribution in [0, 0.1) is 17.8 Å². The Morgan fingerprint density at radius 1 is 1.02 bits per heavy atom. The zero-order chi connectivity index (χ0) is 38.1. The first kappa shape index (κ1) is 40.0. The number of amides is 1. The molecule has 1 heterocycles. The van der Waals surface area contributed by atoms with Crippen molar-refractivity contribution in [2.45, 2.75) is 92.8 Å². The maximum Gasteiger partial charge on any atom is 0.417 e. The van der Waals surface area contributed by atoms with Crippen LogP contribution in [0.15, 0.2) is 65.9 Å². The number of ether oxygens (including phenoxy) is 5. The van der Waals surface area contributed by atoms with E-state index in [4.69, 9.17) is 28.5 Å². The second-order valence-corrected chi connectivity index (χ2v) is 16.1. The summed E-state index contributed by atoms with van der Waals surface area (Å²) in [6.07, 6.45) is 13.8. The van der Waals surface area contributed by atoms with Gasteiger partial charge in [0.25, 0.3) is 0 Å². The fourth-order valence-electron chi connectivity index (χ4n) is 9.02. The van der Waals surface area contributed by atoms with Crippen LogP contribution in [0.2, 0.25) is 0 Å². The zero-order valence-electron chi connectivity index (χ0n) is 31.8. The van der Waals surface area contributed by atoms with Crippen molar-refractivity contribution in [2.75, 3.05) is 46.5 Å². The Bertz CT molecular complexity index is 1660. The molecule has 2 aromatic carbocycles. The minimum absolute atomic E-state index is 0.0718. The molecule has 2 saturated carbocycles. The van der Waals surface area contributed by atoms with Gasteiger partial charge in [-0.3, -0.25) is 5.32 Å². The smallest absolute Gasteiger partial charge is 0.417 e. The lowest BCUT2D eigenvalue weighted by molar-refractivity contribution is -0.223. The van der Waals surface area contributed by atoms with Gasteiger partial charge in [0.05, 0.1) is 43.4 Å². The van der Waals surface area contributed by atoms with Crippen LogP contribution in [0.1, 0.15) is 82.1 Å². The van der Waals surface area contributed by atoms with Crippen LogP contribution < -0.4 is 24.3 Å². The number of aliphatic hydroxyl groups is 2. The second-order valence-electron chi connectivity index (χ2n) is 14.6. The number of aliphatic hydroxyl groups excluding tert-OH is 2. The van der Waals surface area contributed by atoms with Gasteiger partial charge in [0.1, 0.15) is 30.1 Å². The number of fused-ring (bicyclic) bond motifs is 2. The molecule has 1 amide bonds. The largest absolute Gasteiger partial charge is 0.497 e. The van der Waals surface area contributed by atoms with Crippen molar-refractivity contribution in [1.82, 2.24) is 0 Å². The first-order valence-corrected chi connectivity index (χ1v) is 20.3. The summed E-state index contributed by atoms with van der Waals surface area (Å²) in [6, 6.07) is 10.7.